The second-order valence-electron chi connectivity index (χ2n) is 7.97. The average molecular weight is 392 g/mol. The van der Waals surface area contributed by atoms with Crippen molar-refractivity contribution in [3.8, 4) is 11.1 Å². The van der Waals surface area contributed by atoms with Gasteiger partial charge in [-0.3, -0.25) is 4.79 Å². The maximum Gasteiger partial charge on any atom is 0.251 e. The van der Waals surface area contributed by atoms with E-state index < -0.39 is 5.82 Å². The molecular weight excluding hydrogens is 367 g/mol. The number of carbonyl (C=O) groups is 1. The lowest BCUT2D eigenvalue weighted by Crippen LogP contribution is -2.23. The first-order chi connectivity index (χ1) is 13.7. The first-order valence-corrected chi connectivity index (χ1v) is 9.34. The third-order valence-electron chi connectivity index (χ3n) is 4.84. The SMILES string of the molecule is CC(C)(C)c1ccc(C(=O)NCc2ccc(-c3ccnc(N)c3N)cc2F)cc1. The number of hydrogen-bond acceptors (Lipinski definition) is 4. The molecule has 0 unspecified atom stereocenters. The molecule has 5 N–H and O–H groups in total. The summed E-state index contributed by atoms with van der Waals surface area (Å²) in [6.45, 7) is 6.42. The Kier molecular flexibility index (Phi) is 5.55. The van der Waals surface area contributed by atoms with Crippen LogP contribution in [0.5, 0.6) is 0 Å². The molecule has 3 rings (SSSR count). The van der Waals surface area contributed by atoms with Crippen LogP contribution < -0.4 is 16.8 Å². The van der Waals surface area contributed by atoms with Gasteiger partial charge in [-0.05, 0) is 40.8 Å². The first-order valence-electron chi connectivity index (χ1n) is 9.34. The Bertz CT molecular complexity index is 1040. The highest BCUT2D eigenvalue weighted by molar-refractivity contribution is 5.94. The number of amides is 1. The van der Waals surface area contributed by atoms with Gasteiger partial charge in [-0.2, -0.15) is 0 Å². The standard InChI is InChI=1S/C23H25FN4O/c1-23(2,3)17-8-6-14(7-9-17)22(29)28-13-16-5-4-15(12-19(16)24)18-10-11-27-21(26)20(18)25/h4-12H,13,25H2,1-3H3,(H2,26,27)(H,28,29). The van der Waals surface area contributed by atoms with E-state index in [4.69, 9.17) is 11.5 Å². The van der Waals surface area contributed by atoms with E-state index in [1.54, 1.807) is 30.3 Å². The number of nitrogens with one attached hydrogen (secondary N) is 1. The molecule has 0 fully saturated rings. The van der Waals surface area contributed by atoms with Crippen LogP contribution in [0.25, 0.3) is 11.1 Å². The number of pyridine rings is 1. The zero-order valence-electron chi connectivity index (χ0n) is 16.8. The Morgan fingerprint density at radius 2 is 1.76 bits per heavy atom. The fourth-order valence-electron chi connectivity index (χ4n) is 3.00. The minimum atomic E-state index is -0.430. The molecule has 2 aromatic carbocycles. The number of carbonyl (C=O) groups excluding carboxylic acids is 1. The fourth-order valence-corrected chi connectivity index (χ4v) is 3.00. The van der Waals surface area contributed by atoms with Crippen LogP contribution in [0.4, 0.5) is 15.9 Å². The number of halogens is 1. The van der Waals surface area contributed by atoms with Crippen LogP contribution in [0.1, 0.15) is 42.3 Å². The third-order valence-corrected chi connectivity index (χ3v) is 4.84. The molecule has 150 valence electrons. The van der Waals surface area contributed by atoms with Crippen molar-refractivity contribution in [3.05, 3.63) is 77.2 Å². The maximum atomic E-state index is 14.6. The molecule has 6 heteroatoms. The van der Waals surface area contributed by atoms with Crippen LogP contribution in [0, 0.1) is 5.82 Å². The van der Waals surface area contributed by atoms with E-state index in [1.807, 2.05) is 12.1 Å². The molecule has 0 aliphatic carbocycles. The molecule has 0 saturated heterocycles. The van der Waals surface area contributed by atoms with Gasteiger partial charge in [-0.1, -0.05) is 45.0 Å². The summed E-state index contributed by atoms with van der Waals surface area (Å²) in [6, 6.07) is 13.9. The summed E-state index contributed by atoms with van der Waals surface area (Å²) >= 11 is 0. The number of nitrogens with two attached hydrogens (primary N) is 2. The van der Waals surface area contributed by atoms with Gasteiger partial charge < -0.3 is 16.8 Å². The van der Waals surface area contributed by atoms with Crippen LogP contribution in [-0.2, 0) is 12.0 Å². The highest BCUT2D eigenvalue weighted by Crippen LogP contribution is 2.29. The van der Waals surface area contributed by atoms with Crippen molar-refractivity contribution in [2.75, 3.05) is 11.5 Å². The topological polar surface area (TPSA) is 94.0 Å². The second-order valence-corrected chi connectivity index (χ2v) is 7.97. The van der Waals surface area contributed by atoms with Gasteiger partial charge >= 0.3 is 0 Å². The van der Waals surface area contributed by atoms with Gasteiger partial charge in [0.25, 0.3) is 5.91 Å². The van der Waals surface area contributed by atoms with Crippen molar-refractivity contribution in [1.82, 2.24) is 10.3 Å². The van der Waals surface area contributed by atoms with Crippen molar-refractivity contribution in [2.24, 2.45) is 0 Å². The zero-order valence-corrected chi connectivity index (χ0v) is 16.8. The highest BCUT2D eigenvalue weighted by Gasteiger charge is 2.15. The van der Waals surface area contributed by atoms with Gasteiger partial charge in [0.1, 0.15) is 11.6 Å². The molecule has 0 bridgehead atoms. The lowest BCUT2D eigenvalue weighted by molar-refractivity contribution is 0.0950. The molecule has 0 aliphatic rings. The number of nitrogens with zero attached hydrogens (tertiary/aromatic N) is 1. The van der Waals surface area contributed by atoms with Gasteiger partial charge in [0.15, 0.2) is 0 Å². The number of anilines is 2. The first kappa shape index (κ1) is 20.3. The van der Waals surface area contributed by atoms with Gasteiger partial charge in [0.05, 0.1) is 5.69 Å². The zero-order chi connectivity index (χ0) is 21.2. The molecule has 3 aromatic rings. The molecule has 1 aromatic heterocycles. The number of aromatic nitrogens is 1. The minimum Gasteiger partial charge on any atom is -0.395 e. The third kappa shape index (κ3) is 4.54. The van der Waals surface area contributed by atoms with E-state index in [2.05, 4.69) is 31.1 Å². The van der Waals surface area contributed by atoms with Crippen LogP contribution in [0.3, 0.4) is 0 Å². The molecule has 0 saturated carbocycles. The van der Waals surface area contributed by atoms with Crippen molar-refractivity contribution in [3.63, 3.8) is 0 Å². The van der Waals surface area contributed by atoms with E-state index in [9.17, 15) is 9.18 Å². The van der Waals surface area contributed by atoms with E-state index in [-0.39, 0.29) is 23.7 Å². The quantitative estimate of drug-likeness (QED) is 0.618. The second kappa shape index (κ2) is 7.91. The molecule has 1 amide bonds. The monoisotopic (exact) mass is 392 g/mol. The molecule has 5 nitrogen and oxygen atoms in total. The summed E-state index contributed by atoms with van der Waals surface area (Å²) in [6.07, 6.45) is 1.53. The lowest BCUT2D eigenvalue weighted by atomic mass is 9.87. The van der Waals surface area contributed by atoms with E-state index in [0.29, 0.717) is 27.9 Å². The summed E-state index contributed by atoms with van der Waals surface area (Å²) in [5.74, 6) is -0.475. The van der Waals surface area contributed by atoms with Crippen LogP contribution >= 0.6 is 0 Å². The Balaban J connectivity index is 1.71. The lowest BCUT2D eigenvalue weighted by Gasteiger charge is -2.19. The van der Waals surface area contributed by atoms with Gasteiger partial charge in [-0.25, -0.2) is 9.37 Å². The maximum absolute atomic E-state index is 14.6. The van der Waals surface area contributed by atoms with E-state index >= 15 is 0 Å². The Labute approximate surface area is 170 Å². The van der Waals surface area contributed by atoms with Crippen LogP contribution in [0.2, 0.25) is 0 Å². The Hall–Kier alpha value is -3.41. The van der Waals surface area contributed by atoms with Gasteiger partial charge in [0, 0.05) is 29.4 Å². The normalized spacial score (nSPS) is 11.3. The molecule has 0 aliphatic heterocycles. The summed E-state index contributed by atoms with van der Waals surface area (Å²) in [7, 11) is 0. The number of benzene rings is 2. The van der Waals surface area contributed by atoms with Gasteiger partial charge in [-0.15, -0.1) is 0 Å². The summed E-state index contributed by atoms with van der Waals surface area (Å²) in [5, 5.41) is 2.76. The van der Waals surface area contributed by atoms with Crippen molar-refractivity contribution in [2.45, 2.75) is 32.7 Å². The van der Waals surface area contributed by atoms with E-state index in [1.165, 1.54) is 12.3 Å². The molecule has 0 spiro atoms. The summed E-state index contributed by atoms with van der Waals surface area (Å²) < 4.78 is 14.6. The fraction of sp³-hybridized carbons (Fsp3) is 0.217. The summed E-state index contributed by atoms with van der Waals surface area (Å²) in [5.41, 5.74) is 15.3. The molecule has 0 atom stereocenters. The predicted molar refractivity (Wildman–Crippen MR) is 115 cm³/mol. The van der Waals surface area contributed by atoms with Crippen molar-refractivity contribution < 1.29 is 9.18 Å². The molecule has 0 radical (unpaired) electrons. The average Bonchev–Trinajstić information content (AvgIpc) is 2.68. The highest BCUT2D eigenvalue weighted by atomic mass is 19.1. The Morgan fingerprint density at radius 1 is 1.07 bits per heavy atom. The van der Waals surface area contributed by atoms with Crippen molar-refractivity contribution in [1.29, 1.82) is 0 Å². The largest absolute Gasteiger partial charge is 0.395 e. The summed E-state index contributed by atoms with van der Waals surface area (Å²) in [4.78, 5) is 16.3. The van der Waals surface area contributed by atoms with Crippen molar-refractivity contribution >= 4 is 17.4 Å². The van der Waals surface area contributed by atoms with Gasteiger partial charge in [0.2, 0.25) is 0 Å². The minimum absolute atomic E-state index is 0.0166. The molecule has 1 heterocycles. The molecule has 29 heavy (non-hydrogen) atoms. The molecular formula is C23H25FN4O. The smallest absolute Gasteiger partial charge is 0.251 e. The van der Waals surface area contributed by atoms with E-state index in [0.717, 1.165) is 5.56 Å². The number of rotatable bonds is 4. The van der Waals surface area contributed by atoms with Crippen LogP contribution in [-0.4, -0.2) is 10.9 Å². The number of nitrogen functional groups attached to an aromatic ring is 2. The van der Waals surface area contributed by atoms with Crippen LogP contribution in [0.15, 0.2) is 54.7 Å². The predicted octanol–water partition coefficient (Wildman–Crippen LogP) is 4.28. The Morgan fingerprint density at radius 3 is 2.38 bits per heavy atom. The number of hydrogen-bond donors (Lipinski definition) is 3.